The molecule has 0 aliphatic heterocycles. The Hall–Kier alpha value is -3.92. The van der Waals surface area contributed by atoms with Gasteiger partial charge in [0, 0.05) is 13.0 Å². The van der Waals surface area contributed by atoms with Gasteiger partial charge in [0.25, 0.3) is 0 Å². The fraction of sp³-hybridized carbons (Fsp3) is 0.610. The Bertz CT molecular complexity index is 1410. The number of hydrogen-bond acceptors (Lipinski definition) is 6. The van der Waals surface area contributed by atoms with E-state index in [0.717, 1.165) is 46.2 Å². The molecule has 0 saturated carbocycles. The highest BCUT2D eigenvalue weighted by molar-refractivity contribution is 5.91. The third-order valence-corrected chi connectivity index (χ3v) is 10.1. The van der Waals surface area contributed by atoms with E-state index in [-0.39, 0.29) is 31.3 Å². The van der Waals surface area contributed by atoms with Gasteiger partial charge in [0.05, 0.1) is 18.6 Å². The molecule has 10 heteroatoms. The summed E-state index contributed by atoms with van der Waals surface area (Å²) in [7, 11) is 0. The second-order valence-electron chi connectivity index (χ2n) is 14.6. The number of unbranched alkanes of at least 4 members (excludes halogenated alkanes) is 1. The van der Waals surface area contributed by atoms with Crippen LogP contribution in [0, 0.1) is 46.5 Å². The average Bonchev–Trinajstić information content (AvgIpc) is 3.10. The summed E-state index contributed by atoms with van der Waals surface area (Å²) < 4.78 is 5.51. The van der Waals surface area contributed by atoms with Crippen LogP contribution in [-0.2, 0) is 32.1 Å². The van der Waals surface area contributed by atoms with Crippen LogP contribution in [0.1, 0.15) is 112 Å². The summed E-state index contributed by atoms with van der Waals surface area (Å²) in [5, 5.41) is 22.7. The first-order valence-corrected chi connectivity index (χ1v) is 18.7. The van der Waals surface area contributed by atoms with Gasteiger partial charge in [-0.3, -0.25) is 14.4 Å². The highest BCUT2D eigenvalue weighted by atomic mass is 16.5. The van der Waals surface area contributed by atoms with Crippen molar-refractivity contribution in [2.24, 2.45) is 11.8 Å². The van der Waals surface area contributed by atoms with Crippen molar-refractivity contribution in [1.82, 2.24) is 21.3 Å². The number of alkyl carbamates (subject to hydrolysis) is 1. The Kier molecular flexibility index (Phi) is 18.2. The van der Waals surface area contributed by atoms with E-state index >= 15 is 0 Å². The van der Waals surface area contributed by atoms with Gasteiger partial charge in [-0.25, -0.2) is 4.79 Å². The number of hydrogen-bond donors (Lipinski definition) is 5. The van der Waals surface area contributed by atoms with Crippen LogP contribution in [0.25, 0.3) is 0 Å². The molecule has 0 heterocycles. The Morgan fingerprint density at radius 3 is 1.94 bits per heavy atom. The largest absolute Gasteiger partial charge is 0.445 e. The topological polar surface area (TPSA) is 146 Å². The van der Waals surface area contributed by atoms with Crippen molar-refractivity contribution in [1.29, 1.82) is 0 Å². The molecular formula is C41H64N4O6. The summed E-state index contributed by atoms with van der Waals surface area (Å²) in [6.45, 7) is 20.9. The van der Waals surface area contributed by atoms with E-state index in [1.807, 2.05) is 71.9 Å². The van der Waals surface area contributed by atoms with Gasteiger partial charge in [-0.2, -0.15) is 0 Å². The van der Waals surface area contributed by atoms with E-state index in [0.29, 0.717) is 31.7 Å². The summed E-state index contributed by atoms with van der Waals surface area (Å²) in [5.41, 5.74) is 7.31. The van der Waals surface area contributed by atoms with Crippen molar-refractivity contribution in [3.63, 3.8) is 0 Å². The molecule has 0 aliphatic rings. The van der Waals surface area contributed by atoms with Crippen LogP contribution < -0.4 is 21.3 Å². The first-order valence-electron chi connectivity index (χ1n) is 18.7. The number of carbonyl (C=O) groups is 4. The smallest absolute Gasteiger partial charge is 0.408 e. The maximum atomic E-state index is 14.1. The predicted octanol–water partition coefficient (Wildman–Crippen LogP) is 6.19. The van der Waals surface area contributed by atoms with Crippen molar-refractivity contribution in [2.75, 3.05) is 6.54 Å². The fourth-order valence-corrected chi connectivity index (χ4v) is 6.09. The minimum atomic E-state index is -1.11. The summed E-state index contributed by atoms with van der Waals surface area (Å²) in [6.07, 6.45) is 1.40. The lowest BCUT2D eigenvalue weighted by Crippen LogP contribution is -2.57. The van der Waals surface area contributed by atoms with Crippen molar-refractivity contribution >= 4 is 23.8 Å². The number of aliphatic hydroxyl groups excluding tert-OH is 1. The zero-order chi connectivity index (χ0) is 38.2. The molecule has 0 fully saturated rings. The number of amides is 4. The van der Waals surface area contributed by atoms with Gasteiger partial charge >= 0.3 is 6.09 Å². The lowest BCUT2D eigenvalue weighted by Gasteiger charge is -2.29. The lowest BCUT2D eigenvalue weighted by atomic mass is 9.86. The molecule has 5 atom stereocenters. The summed E-state index contributed by atoms with van der Waals surface area (Å²) >= 11 is 0. The quantitative estimate of drug-likeness (QED) is 0.111. The van der Waals surface area contributed by atoms with Gasteiger partial charge in [-0.15, -0.1) is 0 Å². The molecule has 10 nitrogen and oxygen atoms in total. The molecule has 0 aliphatic carbocycles. The molecule has 0 spiro atoms. The molecular weight excluding hydrogens is 644 g/mol. The first-order chi connectivity index (χ1) is 24.1. The van der Waals surface area contributed by atoms with E-state index in [1.54, 1.807) is 0 Å². The number of aliphatic hydroxyl groups is 1. The highest BCUT2D eigenvalue weighted by Gasteiger charge is 2.32. The number of rotatable bonds is 20. The Labute approximate surface area is 306 Å². The van der Waals surface area contributed by atoms with Gasteiger partial charge in [-0.1, -0.05) is 84.2 Å². The monoisotopic (exact) mass is 708 g/mol. The number of nitrogens with one attached hydrogen (secondary N) is 4. The SMILES string of the molecule is CCCC[C@H](NC(=O)[C@H](Cc1c(C)c(C)c(C)c(C)c1C)NC(=O)OCc1ccccc1)C(=O)N[C@@H](CC(C)C)[C@@H](O)CC(=O)NCC(C)CC. The maximum absolute atomic E-state index is 14.1. The van der Waals surface area contributed by atoms with Crippen LogP contribution in [-0.4, -0.2) is 59.7 Å². The Balaban J connectivity index is 2.34. The predicted molar refractivity (Wildman–Crippen MR) is 203 cm³/mol. The third-order valence-electron chi connectivity index (χ3n) is 10.1. The maximum Gasteiger partial charge on any atom is 0.408 e. The van der Waals surface area contributed by atoms with Crippen LogP contribution in [0.15, 0.2) is 30.3 Å². The Morgan fingerprint density at radius 2 is 1.37 bits per heavy atom. The normalized spacial score (nSPS) is 14.2. The van der Waals surface area contributed by atoms with Crippen molar-refractivity contribution < 1.29 is 29.0 Å². The molecule has 51 heavy (non-hydrogen) atoms. The molecule has 2 aromatic rings. The van der Waals surface area contributed by atoms with Crippen LogP contribution in [0.4, 0.5) is 4.79 Å². The molecule has 0 saturated heterocycles. The van der Waals surface area contributed by atoms with E-state index in [4.69, 9.17) is 4.74 Å². The molecule has 2 aromatic carbocycles. The van der Waals surface area contributed by atoms with E-state index in [2.05, 4.69) is 49.0 Å². The highest BCUT2D eigenvalue weighted by Crippen LogP contribution is 2.27. The molecule has 0 bridgehead atoms. The van der Waals surface area contributed by atoms with Gasteiger partial charge < -0.3 is 31.1 Å². The van der Waals surface area contributed by atoms with Crippen LogP contribution in [0.3, 0.4) is 0 Å². The Morgan fingerprint density at radius 1 is 0.784 bits per heavy atom. The fourth-order valence-electron chi connectivity index (χ4n) is 6.09. The molecule has 1 unspecified atom stereocenters. The standard InChI is InChI=1S/C41H64N4O6/c1-11-13-19-34(39(48)44-35(20-25(3)4)37(46)22-38(47)42-23-26(5)12-2)43-40(49)36(45-41(50)51-24-32-17-15-14-16-18-32)21-33-30(9)28(7)27(6)29(8)31(33)10/h14-18,25-26,34-37,46H,11-13,19-24H2,1-10H3,(H,42,47)(H,43,49)(H,44,48)(H,45,50)/t26?,34-,35-,36-,37-/m0/s1. The molecule has 0 radical (unpaired) electrons. The van der Waals surface area contributed by atoms with Gasteiger partial charge in [0.1, 0.15) is 18.7 Å². The van der Waals surface area contributed by atoms with Gasteiger partial charge in [-0.05, 0) is 98.2 Å². The van der Waals surface area contributed by atoms with E-state index in [9.17, 15) is 24.3 Å². The van der Waals surface area contributed by atoms with Crippen molar-refractivity contribution in [3.8, 4) is 0 Å². The van der Waals surface area contributed by atoms with Crippen LogP contribution >= 0.6 is 0 Å². The number of ether oxygens (including phenoxy) is 1. The first kappa shape index (κ1) is 43.2. The van der Waals surface area contributed by atoms with Gasteiger partial charge in [0.15, 0.2) is 0 Å². The van der Waals surface area contributed by atoms with Crippen molar-refractivity contribution in [2.45, 2.75) is 145 Å². The van der Waals surface area contributed by atoms with Crippen LogP contribution in [0.5, 0.6) is 0 Å². The molecule has 0 aromatic heterocycles. The van der Waals surface area contributed by atoms with Crippen LogP contribution in [0.2, 0.25) is 0 Å². The van der Waals surface area contributed by atoms with E-state index < -0.39 is 42.1 Å². The summed E-state index contributed by atoms with van der Waals surface area (Å²) in [4.78, 5) is 53.8. The van der Waals surface area contributed by atoms with Crippen molar-refractivity contribution in [3.05, 3.63) is 69.3 Å². The zero-order valence-corrected chi connectivity index (χ0v) is 32.7. The summed E-state index contributed by atoms with van der Waals surface area (Å²) in [5.74, 6) is -0.789. The minimum absolute atomic E-state index is 0.0402. The lowest BCUT2D eigenvalue weighted by molar-refractivity contribution is -0.131. The number of benzene rings is 2. The molecule has 284 valence electrons. The minimum Gasteiger partial charge on any atom is -0.445 e. The molecule has 4 amide bonds. The van der Waals surface area contributed by atoms with Gasteiger partial charge in [0.2, 0.25) is 17.7 Å². The van der Waals surface area contributed by atoms with E-state index in [1.165, 1.54) is 5.56 Å². The second kappa shape index (κ2) is 21.4. The number of carbonyl (C=O) groups excluding carboxylic acids is 4. The summed E-state index contributed by atoms with van der Waals surface area (Å²) in [6, 6.07) is 6.64. The average molecular weight is 709 g/mol. The zero-order valence-electron chi connectivity index (χ0n) is 32.7. The third kappa shape index (κ3) is 14.0. The second-order valence-corrected chi connectivity index (χ2v) is 14.6. The molecule has 2 rings (SSSR count). The molecule has 5 N–H and O–H groups in total.